The molecule has 0 spiro atoms. The number of rotatable bonds is 1. The molecule has 6 rings (SSSR count). The molecule has 2 aliphatic rings. The van der Waals surface area contributed by atoms with E-state index in [-0.39, 0.29) is 5.91 Å². The Morgan fingerprint density at radius 1 is 1.15 bits per heavy atom. The van der Waals surface area contributed by atoms with Gasteiger partial charge in [-0.25, -0.2) is 0 Å². The molecule has 1 N–H and O–H groups in total. The summed E-state index contributed by atoms with van der Waals surface area (Å²) < 4.78 is 4.30. The van der Waals surface area contributed by atoms with Gasteiger partial charge < -0.3 is 9.88 Å². The van der Waals surface area contributed by atoms with E-state index in [0.717, 1.165) is 47.3 Å². The maximum Gasteiger partial charge on any atom is 0.252 e. The third-order valence-corrected chi connectivity index (χ3v) is 6.17. The molecule has 3 heterocycles. The van der Waals surface area contributed by atoms with Crippen LogP contribution in [-0.2, 0) is 33.0 Å². The summed E-state index contributed by atoms with van der Waals surface area (Å²) in [5.41, 5.74) is 9.21. The lowest BCUT2D eigenvalue weighted by atomic mass is 9.83. The van der Waals surface area contributed by atoms with Gasteiger partial charge in [0, 0.05) is 53.8 Å². The van der Waals surface area contributed by atoms with Crippen LogP contribution in [0.3, 0.4) is 0 Å². The highest BCUT2D eigenvalue weighted by Gasteiger charge is 2.34. The minimum absolute atomic E-state index is 0.0492. The van der Waals surface area contributed by atoms with E-state index >= 15 is 0 Å². The second-order valence-electron chi connectivity index (χ2n) is 7.54. The zero-order valence-electron chi connectivity index (χ0n) is 15.5. The van der Waals surface area contributed by atoms with E-state index in [1.54, 1.807) is 0 Å². The third-order valence-electron chi connectivity index (χ3n) is 6.17. The lowest BCUT2D eigenvalue weighted by Crippen LogP contribution is -2.15. The van der Waals surface area contributed by atoms with Crippen molar-refractivity contribution in [2.45, 2.75) is 32.9 Å². The van der Waals surface area contributed by atoms with Gasteiger partial charge in [-0.1, -0.05) is 18.2 Å². The first kappa shape index (κ1) is 15.0. The van der Waals surface area contributed by atoms with E-state index in [9.17, 15) is 4.79 Å². The Hall–Kier alpha value is -3.08. The van der Waals surface area contributed by atoms with Crippen LogP contribution in [0.15, 0.2) is 30.5 Å². The molecule has 0 unspecified atom stereocenters. The molecule has 1 aliphatic carbocycles. The summed E-state index contributed by atoms with van der Waals surface area (Å²) in [5.74, 6) is 0.0492. The van der Waals surface area contributed by atoms with Crippen LogP contribution in [0.5, 0.6) is 0 Å². The number of amides is 1. The molecule has 0 saturated carbocycles. The van der Waals surface area contributed by atoms with Crippen molar-refractivity contribution in [2.75, 3.05) is 0 Å². The number of carbonyl (C=O) groups excluding carboxylic acids is 1. The second kappa shape index (κ2) is 5.00. The molecule has 134 valence electrons. The second-order valence-corrected chi connectivity index (χ2v) is 7.54. The average molecular weight is 356 g/mol. The van der Waals surface area contributed by atoms with Crippen LogP contribution < -0.4 is 5.32 Å². The Labute approximate surface area is 156 Å². The van der Waals surface area contributed by atoms with Gasteiger partial charge in [0.05, 0.1) is 16.8 Å². The first-order valence-corrected chi connectivity index (χ1v) is 9.58. The van der Waals surface area contributed by atoms with Crippen molar-refractivity contribution in [3.8, 4) is 11.1 Å². The number of carbonyl (C=O) groups is 1. The highest BCUT2D eigenvalue weighted by molar-refractivity contribution is 6.19. The Kier molecular flexibility index (Phi) is 2.78. The SMILES string of the molecule is CCn1c2ccccc2c2c3c(c4c(c21)CCc1nn(C)cc1-4)C(=O)NC3. The fourth-order valence-corrected chi connectivity index (χ4v) is 5.19. The number of benzene rings is 2. The van der Waals surface area contributed by atoms with E-state index in [1.807, 2.05) is 11.7 Å². The largest absolute Gasteiger partial charge is 0.348 e. The van der Waals surface area contributed by atoms with Crippen molar-refractivity contribution >= 4 is 27.7 Å². The highest BCUT2D eigenvalue weighted by Crippen LogP contribution is 2.46. The highest BCUT2D eigenvalue weighted by atomic mass is 16.1. The molecular weight excluding hydrogens is 336 g/mol. The summed E-state index contributed by atoms with van der Waals surface area (Å²) in [4.78, 5) is 12.9. The van der Waals surface area contributed by atoms with Crippen molar-refractivity contribution in [3.05, 3.63) is 52.8 Å². The van der Waals surface area contributed by atoms with E-state index < -0.39 is 0 Å². The van der Waals surface area contributed by atoms with E-state index in [4.69, 9.17) is 0 Å². The van der Waals surface area contributed by atoms with Gasteiger partial charge in [-0.2, -0.15) is 5.10 Å². The smallest absolute Gasteiger partial charge is 0.252 e. The molecule has 2 aromatic carbocycles. The standard InChI is InChI=1S/C22H20N4O/c1-3-26-17-7-5-4-6-12(17)19-14-10-23-22(27)20(14)18-13(21(19)26)8-9-16-15(18)11-25(2)24-16/h4-7,11H,3,8-10H2,1-2H3,(H,23,27). The normalized spacial score (nSPS) is 15.1. The number of aryl methyl sites for hydroxylation is 4. The van der Waals surface area contributed by atoms with Crippen molar-refractivity contribution in [1.29, 1.82) is 0 Å². The summed E-state index contributed by atoms with van der Waals surface area (Å²) in [6.07, 6.45) is 3.92. The Morgan fingerprint density at radius 2 is 2.00 bits per heavy atom. The van der Waals surface area contributed by atoms with Gasteiger partial charge in [0.15, 0.2) is 0 Å². The van der Waals surface area contributed by atoms with Gasteiger partial charge in [0.2, 0.25) is 0 Å². The van der Waals surface area contributed by atoms with E-state index in [1.165, 1.54) is 27.4 Å². The molecule has 5 nitrogen and oxygen atoms in total. The maximum atomic E-state index is 12.9. The molecule has 27 heavy (non-hydrogen) atoms. The van der Waals surface area contributed by atoms with Crippen molar-refractivity contribution in [1.82, 2.24) is 19.7 Å². The van der Waals surface area contributed by atoms with Gasteiger partial charge in [0.1, 0.15) is 0 Å². The lowest BCUT2D eigenvalue weighted by Gasteiger charge is -2.21. The average Bonchev–Trinajstić information content (AvgIpc) is 3.33. The number of hydrogen-bond acceptors (Lipinski definition) is 2. The summed E-state index contributed by atoms with van der Waals surface area (Å²) in [5, 5.41) is 10.2. The molecule has 4 aromatic rings. The Bertz CT molecular complexity index is 1290. The predicted molar refractivity (Wildman–Crippen MR) is 106 cm³/mol. The van der Waals surface area contributed by atoms with Gasteiger partial charge in [0.25, 0.3) is 5.91 Å². The van der Waals surface area contributed by atoms with Crippen LogP contribution in [0.1, 0.15) is 34.1 Å². The molecule has 1 amide bonds. The van der Waals surface area contributed by atoms with Gasteiger partial charge in [-0.3, -0.25) is 9.48 Å². The third kappa shape index (κ3) is 1.74. The van der Waals surface area contributed by atoms with E-state index in [0.29, 0.717) is 6.54 Å². The van der Waals surface area contributed by atoms with Crippen molar-refractivity contribution in [2.24, 2.45) is 7.05 Å². The molecule has 0 atom stereocenters. The fourth-order valence-electron chi connectivity index (χ4n) is 5.19. The van der Waals surface area contributed by atoms with Crippen molar-refractivity contribution < 1.29 is 4.79 Å². The quantitative estimate of drug-likeness (QED) is 0.567. The summed E-state index contributed by atoms with van der Waals surface area (Å²) >= 11 is 0. The van der Waals surface area contributed by atoms with Crippen LogP contribution in [0, 0.1) is 0 Å². The number of nitrogens with zero attached hydrogens (tertiary/aromatic N) is 3. The molecule has 0 radical (unpaired) electrons. The zero-order chi connectivity index (χ0) is 18.3. The first-order valence-electron chi connectivity index (χ1n) is 9.58. The topological polar surface area (TPSA) is 51.9 Å². The minimum atomic E-state index is 0.0492. The summed E-state index contributed by atoms with van der Waals surface area (Å²) in [6.45, 7) is 3.72. The van der Waals surface area contributed by atoms with Gasteiger partial charge in [-0.15, -0.1) is 0 Å². The Morgan fingerprint density at radius 3 is 2.85 bits per heavy atom. The molecular formula is C22H20N4O. The monoisotopic (exact) mass is 356 g/mol. The van der Waals surface area contributed by atoms with Crippen LogP contribution >= 0.6 is 0 Å². The van der Waals surface area contributed by atoms with Crippen LogP contribution in [-0.4, -0.2) is 20.3 Å². The number of para-hydroxylation sites is 1. The molecule has 2 aromatic heterocycles. The first-order chi connectivity index (χ1) is 13.2. The molecule has 1 aliphatic heterocycles. The Balaban J connectivity index is 1.90. The summed E-state index contributed by atoms with van der Waals surface area (Å²) in [6, 6.07) is 8.58. The number of aromatic nitrogens is 3. The van der Waals surface area contributed by atoms with E-state index in [2.05, 4.69) is 52.4 Å². The van der Waals surface area contributed by atoms with Crippen LogP contribution in [0.25, 0.3) is 32.9 Å². The lowest BCUT2D eigenvalue weighted by molar-refractivity contribution is 0.0966. The fraction of sp³-hybridized carbons (Fsp3) is 0.273. The van der Waals surface area contributed by atoms with Crippen LogP contribution in [0.2, 0.25) is 0 Å². The number of hydrogen-bond donors (Lipinski definition) is 1. The molecule has 5 heteroatoms. The summed E-state index contributed by atoms with van der Waals surface area (Å²) in [7, 11) is 1.96. The predicted octanol–water partition coefficient (Wildman–Crippen LogP) is 3.56. The number of fused-ring (bicyclic) bond motifs is 10. The van der Waals surface area contributed by atoms with Gasteiger partial charge >= 0.3 is 0 Å². The maximum absolute atomic E-state index is 12.9. The van der Waals surface area contributed by atoms with Crippen molar-refractivity contribution in [3.63, 3.8) is 0 Å². The number of nitrogens with one attached hydrogen (secondary N) is 1. The molecule has 0 saturated heterocycles. The molecule has 0 bridgehead atoms. The van der Waals surface area contributed by atoms with Crippen LogP contribution in [0.4, 0.5) is 0 Å². The zero-order valence-corrected chi connectivity index (χ0v) is 15.5. The van der Waals surface area contributed by atoms with Gasteiger partial charge in [-0.05, 0) is 37.0 Å². The molecule has 0 fully saturated rings. The minimum Gasteiger partial charge on any atom is -0.348 e.